The Kier molecular flexibility index (Phi) is 3.57. The SMILES string of the molecule is C=C(C)C1CCCC2(CC1C(C)C)CC2C(N)=O. The number of rotatable bonds is 3. The minimum atomic E-state index is -0.0775. The third-order valence-electron chi connectivity index (χ3n) is 5.37. The van der Waals surface area contributed by atoms with Crippen molar-refractivity contribution in [3.05, 3.63) is 12.2 Å². The van der Waals surface area contributed by atoms with Crippen molar-refractivity contribution in [1.29, 1.82) is 0 Å². The molecule has 2 rings (SSSR count). The van der Waals surface area contributed by atoms with Crippen LogP contribution in [0, 0.1) is 29.1 Å². The highest BCUT2D eigenvalue weighted by molar-refractivity contribution is 5.80. The first kappa shape index (κ1) is 13.6. The zero-order chi connectivity index (χ0) is 13.5. The van der Waals surface area contributed by atoms with Crippen molar-refractivity contribution < 1.29 is 4.79 Å². The molecular weight excluding hydrogens is 222 g/mol. The molecule has 0 heterocycles. The van der Waals surface area contributed by atoms with Gasteiger partial charge < -0.3 is 5.73 Å². The maximum Gasteiger partial charge on any atom is 0.221 e. The summed E-state index contributed by atoms with van der Waals surface area (Å²) in [5, 5.41) is 0. The first-order chi connectivity index (χ1) is 8.37. The van der Waals surface area contributed by atoms with Crippen molar-refractivity contribution in [2.75, 3.05) is 0 Å². The Morgan fingerprint density at radius 2 is 2.06 bits per heavy atom. The fourth-order valence-electron chi connectivity index (χ4n) is 4.17. The monoisotopic (exact) mass is 249 g/mol. The van der Waals surface area contributed by atoms with Crippen molar-refractivity contribution in [3.63, 3.8) is 0 Å². The van der Waals surface area contributed by atoms with Gasteiger partial charge >= 0.3 is 0 Å². The lowest BCUT2D eigenvalue weighted by Crippen LogP contribution is -2.25. The second-order valence-electron chi connectivity index (χ2n) is 6.98. The van der Waals surface area contributed by atoms with E-state index in [1.165, 1.54) is 31.3 Å². The number of hydrogen-bond donors (Lipinski definition) is 1. The Bertz CT molecular complexity index is 360. The Morgan fingerprint density at radius 1 is 1.39 bits per heavy atom. The van der Waals surface area contributed by atoms with Gasteiger partial charge in [-0.15, -0.1) is 0 Å². The van der Waals surface area contributed by atoms with Crippen molar-refractivity contribution >= 4 is 5.91 Å². The van der Waals surface area contributed by atoms with Crippen LogP contribution in [0.4, 0.5) is 0 Å². The van der Waals surface area contributed by atoms with Gasteiger partial charge in [-0.25, -0.2) is 0 Å². The van der Waals surface area contributed by atoms with Crippen molar-refractivity contribution in [1.82, 2.24) is 0 Å². The zero-order valence-corrected chi connectivity index (χ0v) is 12.0. The van der Waals surface area contributed by atoms with Crippen LogP contribution in [0.1, 0.15) is 52.9 Å². The summed E-state index contributed by atoms with van der Waals surface area (Å²) in [4.78, 5) is 11.4. The van der Waals surface area contributed by atoms with Gasteiger partial charge in [0.05, 0.1) is 0 Å². The second-order valence-corrected chi connectivity index (χ2v) is 6.98. The largest absolute Gasteiger partial charge is 0.369 e. The van der Waals surface area contributed by atoms with Crippen LogP contribution in [-0.2, 0) is 4.79 Å². The fraction of sp³-hybridized carbons (Fsp3) is 0.812. The number of hydrogen-bond acceptors (Lipinski definition) is 1. The predicted octanol–water partition coefficient (Wildman–Crippen LogP) is 3.52. The van der Waals surface area contributed by atoms with E-state index >= 15 is 0 Å². The van der Waals surface area contributed by atoms with Crippen molar-refractivity contribution in [2.24, 2.45) is 34.8 Å². The molecule has 0 radical (unpaired) electrons. The van der Waals surface area contributed by atoms with Crippen molar-refractivity contribution in [3.8, 4) is 0 Å². The van der Waals surface area contributed by atoms with Crippen LogP contribution >= 0.6 is 0 Å². The van der Waals surface area contributed by atoms with E-state index in [-0.39, 0.29) is 17.2 Å². The quantitative estimate of drug-likeness (QED) is 0.764. The Hall–Kier alpha value is -0.790. The van der Waals surface area contributed by atoms with E-state index in [9.17, 15) is 4.79 Å². The smallest absolute Gasteiger partial charge is 0.221 e. The first-order valence-corrected chi connectivity index (χ1v) is 7.32. The van der Waals surface area contributed by atoms with Crippen molar-refractivity contribution in [2.45, 2.75) is 52.9 Å². The molecule has 4 unspecified atom stereocenters. The standard InChI is InChI=1S/C16H27NO/c1-10(2)12-6-5-7-16(8-13(12)11(3)4)9-14(16)15(17)18/h11-14H,1,5-9H2,2-4H3,(H2,17,18). The minimum Gasteiger partial charge on any atom is -0.369 e. The summed E-state index contributed by atoms with van der Waals surface area (Å²) in [6, 6.07) is 0. The summed E-state index contributed by atoms with van der Waals surface area (Å²) in [5.41, 5.74) is 7.09. The summed E-state index contributed by atoms with van der Waals surface area (Å²) < 4.78 is 0. The summed E-state index contributed by atoms with van der Waals surface area (Å²) in [5.74, 6) is 2.05. The molecular formula is C16H27NO. The number of carbonyl (C=O) groups is 1. The molecule has 1 amide bonds. The molecule has 2 N–H and O–H groups in total. The van der Waals surface area contributed by atoms with E-state index in [0.717, 1.165) is 6.42 Å². The molecule has 2 saturated carbocycles. The third kappa shape index (κ3) is 2.34. The van der Waals surface area contributed by atoms with E-state index in [1.54, 1.807) is 0 Å². The van der Waals surface area contributed by atoms with Gasteiger partial charge in [0.25, 0.3) is 0 Å². The molecule has 0 saturated heterocycles. The Labute approximate surface area is 111 Å². The maximum absolute atomic E-state index is 11.4. The van der Waals surface area contributed by atoms with Gasteiger partial charge in [-0.1, -0.05) is 32.4 Å². The highest BCUT2D eigenvalue weighted by Crippen LogP contribution is 2.63. The van der Waals surface area contributed by atoms with Gasteiger partial charge in [-0.2, -0.15) is 0 Å². The van der Waals surface area contributed by atoms with E-state index in [2.05, 4.69) is 27.4 Å². The third-order valence-corrected chi connectivity index (χ3v) is 5.37. The summed E-state index contributed by atoms with van der Waals surface area (Å²) in [6.45, 7) is 11.0. The molecule has 0 aromatic rings. The predicted molar refractivity (Wildman–Crippen MR) is 74.8 cm³/mol. The highest BCUT2D eigenvalue weighted by Gasteiger charge is 2.58. The van der Waals surface area contributed by atoms with Crippen LogP contribution in [0.2, 0.25) is 0 Å². The first-order valence-electron chi connectivity index (χ1n) is 7.32. The zero-order valence-electron chi connectivity index (χ0n) is 12.0. The maximum atomic E-state index is 11.4. The average molecular weight is 249 g/mol. The van der Waals surface area contributed by atoms with Crippen LogP contribution in [0.25, 0.3) is 0 Å². The second kappa shape index (κ2) is 4.71. The van der Waals surface area contributed by atoms with Crippen LogP contribution in [0.3, 0.4) is 0 Å². The lowest BCUT2D eigenvalue weighted by atomic mass is 9.74. The van der Waals surface area contributed by atoms with Gasteiger partial charge in [0.15, 0.2) is 0 Å². The molecule has 4 atom stereocenters. The van der Waals surface area contributed by atoms with Crippen LogP contribution in [0.5, 0.6) is 0 Å². The molecule has 0 aliphatic heterocycles. The van der Waals surface area contributed by atoms with E-state index in [1.807, 2.05) is 0 Å². The number of allylic oxidation sites excluding steroid dienone is 1. The highest BCUT2D eigenvalue weighted by atomic mass is 16.1. The Balaban J connectivity index is 2.17. The number of primary amides is 1. The molecule has 2 fully saturated rings. The fourth-order valence-corrected chi connectivity index (χ4v) is 4.17. The lowest BCUT2D eigenvalue weighted by Gasteiger charge is -2.31. The topological polar surface area (TPSA) is 43.1 Å². The summed E-state index contributed by atoms with van der Waals surface area (Å²) >= 11 is 0. The van der Waals surface area contributed by atoms with Gasteiger partial charge in [0, 0.05) is 5.92 Å². The molecule has 18 heavy (non-hydrogen) atoms. The molecule has 102 valence electrons. The molecule has 2 heteroatoms. The van der Waals surface area contributed by atoms with E-state index < -0.39 is 0 Å². The van der Waals surface area contributed by atoms with E-state index in [0.29, 0.717) is 17.8 Å². The van der Waals surface area contributed by atoms with Gasteiger partial charge in [0.2, 0.25) is 5.91 Å². The Morgan fingerprint density at radius 3 is 2.50 bits per heavy atom. The van der Waals surface area contributed by atoms with Gasteiger partial charge in [-0.05, 0) is 55.8 Å². The molecule has 0 aromatic carbocycles. The summed E-state index contributed by atoms with van der Waals surface area (Å²) in [6.07, 6.45) is 5.87. The van der Waals surface area contributed by atoms with Crippen LogP contribution in [0.15, 0.2) is 12.2 Å². The number of amides is 1. The molecule has 1 spiro atoms. The number of nitrogens with two attached hydrogens (primary N) is 1. The number of carbonyl (C=O) groups excluding carboxylic acids is 1. The molecule has 2 nitrogen and oxygen atoms in total. The minimum absolute atomic E-state index is 0.0775. The summed E-state index contributed by atoms with van der Waals surface area (Å²) in [7, 11) is 0. The van der Waals surface area contributed by atoms with Gasteiger partial charge in [-0.3, -0.25) is 4.79 Å². The lowest BCUT2D eigenvalue weighted by molar-refractivity contribution is -0.120. The van der Waals surface area contributed by atoms with Gasteiger partial charge in [0.1, 0.15) is 0 Å². The normalized spacial score (nSPS) is 39.7. The average Bonchev–Trinajstić information content (AvgIpc) is 3.00. The molecule has 0 aromatic heterocycles. The van der Waals surface area contributed by atoms with Crippen LogP contribution in [-0.4, -0.2) is 5.91 Å². The van der Waals surface area contributed by atoms with E-state index in [4.69, 9.17) is 5.73 Å². The molecule has 0 bridgehead atoms. The molecule has 2 aliphatic carbocycles. The van der Waals surface area contributed by atoms with Crippen LogP contribution < -0.4 is 5.73 Å². The molecule has 2 aliphatic rings.